The number of nitrogens with zero attached hydrogens (tertiary/aromatic N) is 1. The second-order valence-corrected chi connectivity index (χ2v) is 10.9. The van der Waals surface area contributed by atoms with Crippen molar-refractivity contribution in [1.29, 1.82) is 0 Å². The molecule has 1 fully saturated rings. The molecule has 9 heteroatoms. The van der Waals surface area contributed by atoms with Crippen LogP contribution in [0.2, 0.25) is 0 Å². The molecule has 184 valence electrons. The molecule has 2 aromatic rings. The minimum atomic E-state index is -3.51. The molecule has 0 aliphatic carbocycles. The van der Waals surface area contributed by atoms with Crippen LogP contribution in [0.4, 0.5) is 5.69 Å². The number of amides is 1. The Morgan fingerprint density at radius 2 is 1.71 bits per heavy atom. The SMILES string of the molecule is CCCCCOc1ccc(C(=O)NC(=S)Nc2ccc(S(=O)(=O)N3CCC(C)CC3)cc2)cc1. The summed E-state index contributed by atoms with van der Waals surface area (Å²) in [6.07, 6.45) is 5.02. The molecule has 2 N–H and O–H groups in total. The van der Waals surface area contributed by atoms with Crippen LogP contribution in [0.3, 0.4) is 0 Å². The van der Waals surface area contributed by atoms with Crippen LogP contribution >= 0.6 is 12.2 Å². The number of hydrogen-bond acceptors (Lipinski definition) is 5. The quantitative estimate of drug-likeness (QED) is 0.377. The number of carbonyl (C=O) groups is 1. The minimum absolute atomic E-state index is 0.130. The molecule has 0 radical (unpaired) electrons. The first-order valence-electron chi connectivity index (χ1n) is 11.7. The number of carbonyl (C=O) groups excluding carboxylic acids is 1. The fourth-order valence-electron chi connectivity index (χ4n) is 3.67. The van der Waals surface area contributed by atoms with E-state index in [1.165, 1.54) is 0 Å². The molecule has 0 unspecified atom stereocenters. The molecular formula is C25H33N3O4S2. The maximum atomic E-state index is 12.9. The molecule has 1 amide bonds. The van der Waals surface area contributed by atoms with Crippen molar-refractivity contribution in [2.24, 2.45) is 5.92 Å². The van der Waals surface area contributed by atoms with Crippen molar-refractivity contribution in [2.75, 3.05) is 25.0 Å². The zero-order valence-electron chi connectivity index (χ0n) is 19.7. The molecule has 0 aromatic heterocycles. The van der Waals surface area contributed by atoms with Crippen LogP contribution < -0.4 is 15.4 Å². The molecule has 0 spiro atoms. The number of ether oxygens (including phenoxy) is 1. The first kappa shape index (κ1) is 26.1. The number of anilines is 1. The van der Waals surface area contributed by atoms with Crippen LogP contribution in [-0.2, 0) is 10.0 Å². The summed E-state index contributed by atoms with van der Waals surface area (Å²) in [6.45, 7) is 6.04. The normalized spacial score (nSPS) is 15.0. The zero-order valence-corrected chi connectivity index (χ0v) is 21.4. The lowest BCUT2D eigenvalue weighted by atomic mass is 10.0. The van der Waals surface area contributed by atoms with E-state index in [-0.39, 0.29) is 15.9 Å². The topological polar surface area (TPSA) is 87.7 Å². The first-order valence-corrected chi connectivity index (χ1v) is 13.6. The van der Waals surface area contributed by atoms with E-state index in [4.69, 9.17) is 17.0 Å². The third-order valence-corrected chi connectivity index (χ3v) is 7.97. The average Bonchev–Trinajstić information content (AvgIpc) is 2.83. The number of piperidine rings is 1. The van der Waals surface area contributed by atoms with E-state index < -0.39 is 10.0 Å². The predicted molar refractivity (Wildman–Crippen MR) is 139 cm³/mol. The number of nitrogens with one attached hydrogen (secondary N) is 2. The Labute approximate surface area is 207 Å². The monoisotopic (exact) mass is 503 g/mol. The predicted octanol–water partition coefficient (Wildman–Crippen LogP) is 4.80. The highest BCUT2D eigenvalue weighted by molar-refractivity contribution is 7.89. The van der Waals surface area contributed by atoms with E-state index in [0.29, 0.717) is 36.9 Å². The summed E-state index contributed by atoms with van der Waals surface area (Å²) in [5.74, 6) is 0.937. The summed E-state index contributed by atoms with van der Waals surface area (Å²) >= 11 is 5.25. The van der Waals surface area contributed by atoms with Gasteiger partial charge >= 0.3 is 0 Å². The first-order chi connectivity index (χ1) is 16.3. The van der Waals surface area contributed by atoms with Gasteiger partial charge in [0.05, 0.1) is 11.5 Å². The van der Waals surface area contributed by atoms with Crippen molar-refractivity contribution in [3.63, 3.8) is 0 Å². The van der Waals surface area contributed by atoms with Gasteiger partial charge in [0.2, 0.25) is 10.0 Å². The van der Waals surface area contributed by atoms with Crippen LogP contribution in [0.25, 0.3) is 0 Å². The van der Waals surface area contributed by atoms with E-state index in [9.17, 15) is 13.2 Å². The lowest BCUT2D eigenvalue weighted by Gasteiger charge is -2.29. The number of unbranched alkanes of at least 4 members (excludes halogenated alkanes) is 2. The van der Waals surface area contributed by atoms with E-state index in [1.54, 1.807) is 52.8 Å². The summed E-state index contributed by atoms with van der Waals surface area (Å²) in [7, 11) is -3.51. The smallest absolute Gasteiger partial charge is 0.257 e. The fraction of sp³-hybridized carbons (Fsp3) is 0.440. The standard InChI is InChI=1S/C25H33N3O4S2/c1-3-4-5-18-32-22-10-6-20(7-11-22)24(29)27-25(33)26-21-8-12-23(13-9-21)34(30,31)28-16-14-19(2)15-17-28/h6-13,19H,3-5,14-18H2,1-2H3,(H2,26,27,29,33). The Bertz CT molecular complexity index is 1060. The summed E-state index contributed by atoms with van der Waals surface area (Å²) in [4.78, 5) is 12.7. The molecule has 1 saturated heterocycles. The summed E-state index contributed by atoms with van der Waals surface area (Å²) in [5.41, 5.74) is 1.05. The van der Waals surface area contributed by atoms with E-state index >= 15 is 0 Å². The van der Waals surface area contributed by atoms with Gasteiger partial charge in [-0.1, -0.05) is 26.7 Å². The van der Waals surface area contributed by atoms with Crippen molar-refractivity contribution >= 4 is 38.9 Å². The molecular weight excluding hydrogens is 470 g/mol. The van der Waals surface area contributed by atoms with Crippen LogP contribution in [0.1, 0.15) is 56.3 Å². The highest BCUT2D eigenvalue weighted by atomic mass is 32.2. The van der Waals surface area contributed by atoms with Gasteiger partial charge in [0.15, 0.2) is 5.11 Å². The van der Waals surface area contributed by atoms with Crippen molar-refractivity contribution in [3.05, 3.63) is 54.1 Å². The molecule has 1 aliphatic heterocycles. The Hall–Kier alpha value is -2.49. The van der Waals surface area contributed by atoms with Gasteiger partial charge in [0, 0.05) is 24.3 Å². The maximum Gasteiger partial charge on any atom is 0.257 e. The van der Waals surface area contributed by atoms with Crippen LogP contribution in [0.5, 0.6) is 5.75 Å². The second kappa shape index (κ2) is 12.3. The van der Waals surface area contributed by atoms with Crippen molar-refractivity contribution in [1.82, 2.24) is 9.62 Å². The van der Waals surface area contributed by atoms with Gasteiger partial charge in [-0.2, -0.15) is 4.31 Å². The maximum absolute atomic E-state index is 12.9. The third kappa shape index (κ3) is 7.25. The van der Waals surface area contributed by atoms with Gasteiger partial charge in [-0.3, -0.25) is 10.1 Å². The van der Waals surface area contributed by atoms with Crippen molar-refractivity contribution in [3.8, 4) is 5.75 Å². The van der Waals surface area contributed by atoms with Gasteiger partial charge in [0.25, 0.3) is 5.91 Å². The molecule has 1 aliphatic rings. The molecule has 0 atom stereocenters. The molecule has 2 aromatic carbocycles. The van der Waals surface area contributed by atoms with Gasteiger partial charge in [-0.15, -0.1) is 0 Å². The Morgan fingerprint density at radius 3 is 2.32 bits per heavy atom. The Balaban J connectivity index is 1.51. The van der Waals surface area contributed by atoms with Gasteiger partial charge < -0.3 is 10.1 Å². The summed E-state index contributed by atoms with van der Waals surface area (Å²) < 4.78 is 32.9. The second-order valence-electron chi connectivity index (χ2n) is 8.60. The summed E-state index contributed by atoms with van der Waals surface area (Å²) in [6, 6.07) is 13.3. The van der Waals surface area contributed by atoms with Gasteiger partial charge in [-0.05, 0) is 85.9 Å². The number of sulfonamides is 1. The fourth-order valence-corrected chi connectivity index (χ4v) is 5.35. The van der Waals surface area contributed by atoms with E-state index in [2.05, 4.69) is 24.5 Å². The Morgan fingerprint density at radius 1 is 1.06 bits per heavy atom. The Kier molecular flexibility index (Phi) is 9.44. The molecule has 7 nitrogen and oxygen atoms in total. The molecule has 3 rings (SSSR count). The molecule has 0 saturated carbocycles. The minimum Gasteiger partial charge on any atom is -0.494 e. The number of rotatable bonds is 9. The van der Waals surface area contributed by atoms with Crippen molar-refractivity contribution < 1.29 is 17.9 Å². The van der Waals surface area contributed by atoms with Crippen LogP contribution in [0.15, 0.2) is 53.4 Å². The zero-order chi connectivity index (χ0) is 24.6. The number of thiocarbonyl (C=S) groups is 1. The van der Waals surface area contributed by atoms with Gasteiger partial charge in [-0.25, -0.2) is 8.42 Å². The van der Waals surface area contributed by atoms with E-state index in [0.717, 1.165) is 37.9 Å². The van der Waals surface area contributed by atoms with Crippen LogP contribution in [-0.4, -0.2) is 43.4 Å². The molecule has 0 bridgehead atoms. The van der Waals surface area contributed by atoms with Crippen LogP contribution in [0, 0.1) is 5.92 Å². The lowest BCUT2D eigenvalue weighted by molar-refractivity contribution is 0.0977. The van der Waals surface area contributed by atoms with E-state index in [1.807, 2.05) is 0 Å². The van der Waals surface area contributed by atoms with Crippen molar-refractivity contribution in [2.45, 2.75) is 50.8 Å². The molecule has 1 heterocycles. The number of hydrogen-bond donors (Lipinski definition) is 2. The highest BCUT2D eigenvalue weighted by Crippen LogP contribution is 2.24. The number of benzene rings is 2. The molecule has 34 heavy (non-hydrogen) atoms. The third-order valence-electron chi connectivity index (χ3n) is 5.85. The average molecular weight is 504 g/mol. The van der Waals surface area contributed by atoms with Gasteiger partial charge in [0.1, 0.15) is 5.75 Å². The lowest BCUT2D eigenvalue weighted by Crippen LogP contribution is -2.37. The highest BCUT2D eigenvalue weighted by Gasteiger charge is 2.27. The summed E-state index contributed by atoms with van der Waals surface area (Å²) in [5, 5.41) is 5.69. The largest absolute Gasteiger partial charge is 0.494 e.